The molecule has 0 saturated heterocycles. The first-order valence-electron chi connectivity index (χ1n) is 2.24. The van der Waals surface area contributed by atoms with Crippen LogP contribution in [0.25, 0.3) is 6.08 Å². The Morgan fingerprint density at radius 2 is 2.50 bits per heavy atom. The molecule has 0 unspecified atom stereocenters. The molecule has 42 valence electrons. The van der Waals surface area contributed by atoms with Crippen LogP contribution in [-0.2, 0) is 0 Å². The van der Waals surface area contributed by atoms with E-state index in [9.17, 15) is 0 Å². The molecule has 0 N–H and O–H groups in total. The molecule has 1 nitrogen and oxygen atoms in total. The van der Waals surface area contributed by atoms with Gasteiger partial charge in [-0.3, -0.25) is 0 Å². The molecule has 0 aromatic carbocycles. The average molecular weight is 220 g/mol. The molecule has 0 aliphatic heterocycles. The van der Waals surface area contributed by atoms with E-state index in [-0.39, 0.29) is 0 Å². The maximum atomic E-state index is 4.98. The van der Waals surface area contributed by atoms with E-state index in [0.29, 0.717) is 0 Å². The Balaban J connectivity index is 2.77. The largest absolute Gasteiger partial charge is 0.465 e. The van der Waals surface area contributed by atoms with Crippen LogP contribution in [0, 0.1) is 0 Å². The lowest BCUT2D eigenvalue weighted by Gasteiger charge is -1.75. The second-order valence-corrected chi connectivity index (χ2v) is 2.03. The molecule has 1 aromatic heterocycles. The number of hydrogen-bond donors (Lipinski definition) is 0. The quantitative estimate of drug-likeness (QED) is 0.663. The molecule has 0 atom stereocenters. The van der Waals surface area contributed by atoms with E-state index in [4.69, 9.17) is 4.42 Å². The standard InChI is InChI=1S/C6H5IO/c7-4-3-6-2-1-5-8-6/h1-5H/b4-3+. The molecule has 8 heavy (non-hydrogen) atoms. The van der Waals surface area contributed by atoms with Crippen molar-refractivity contribution in [2.45, 2.75) is 0 Å². The smallest absolute Gasteiger partial charge is 0.127 e. The van der Waals surface area contributed by atoms with Crippen LogP contribution in [0.4, 0.5) is 0 Å². The van der Waals surface area contributed by atoms with Gasteiger partial charge in [-0.25, -0.2) is 0 Å². The van der Waals surface area contributed by atoms with Gasteiger partial charge >= 0.3 is 0 Å². The second kappa shape index (κ2) is 2.91. The summed E-state index contributed by atoms with van der Waals surface area (Å²) in [5.74, 6) is 0.902. The van der Waals surface area contributed by atoms with Gasteiger partial charge in [0.15, 0.2) is 0 Å². The summed E-state index contributed by atoms with van der Waals surface area (Å²) in [6.07, 6.45) is 3.56. The predicted octanol–water partition coefficient (Wildman–Crippen LogP) is 2.69. The molecule has 1 heterocycles. The lowest BCUT2D eigenvalue weighted by Crippen LogP contribution is -1.52. The van der Waals surface area contributed by atoms with Crippen LogP contribution < -0.4 is 0 Å². The fraction of sp³-hybridized carbons (Fsp3) is 0. The fourth-order valence-corrected chi connectivity index (χ4v) is 0.803. The molecule has 0 amide bonds. The molecule has 1 aromatic rings. The Bertz CT molecular complexity index is 165. The minimum Gasteiger partial charge on any atom is -0.465 e. The van der Waals surface area contributed by atoms with Crippen molar-refractivity contribution in [2.24, 2.45) is 0 Å². The molecule has 0 aliphatic rings. The Morgan fingerprint density at radius 3 is 3.00 bits per heavy atom. The third-order valence-electron chi connectivity index (χ3n) is 0.770. The predicted molar refractivity (Wildman–Crippen MR) is 41.8 cm³/mol. The van der Waals surface area contributed by atoms with Crippen LogP contribution >= 0.6 is 22.6 Å². The summed E-state index contributed by atoms with van der Waals surface area (Å²) in [7, 11) is 0. The van der Waals surface area contributed by atoms with E-state index in [2.05, 4.69) is 22.6 Å². The SMILES string of the molecule is I/C=C/c1ccco1. The van der Waals surface area contributed by atoms with Gasteiger partial charge < -0.3 is 4.42 Å². The van der Waals surface area contributed by atoms with Gasteiger partial charge in [0.05, 0.1) is 6.26 Å². The Labute approximate surface area is 61.5 Å². The van der Waals surface area contributed by atoms with Gasteiger partial charge in [-0.2, -0.15) is 0 Å². The van der Waals surface area contributed by atoms with Crippen molar-refractivity contribution in [3.05, 3.63) is 28.2 Å². The second-order valence-electron chi connectivity index (χ2n) is 1.31. The van der Waals surface area contributed by atoms with Crippen LogP contribution in [0.2, 0.25) is 0 Å². The minimum absolute atomic E-state index is 0.902. The fourth-order valence-electron chi connectivity index (χ4n) is 0.448. The molecular weight excluding hydrogens is 215 g/mol. The van der Waals surface area contributed by atoms with E-state index in [1.165, 1.54) is 0 Å². The monoisotopic (exact) mass is 220 g/mol. The Hall–Kier alpha value is -0.250. The number of furan rings is 1. The molecule has 2 heteroatoms. The molecule has 0 bridgehead atoms. The third kappa shape index (κ3) is 1.36. The van der Waals surface area contributed by atoms with Gasteiger partial charge in [-0.05, 0) is 22.3 Å². The summed E-state index contributed by atoms with van der Waals surface area (Å²) < 4.78 is 6.90. The average Bonchev–Trinajstić information content (AvgIpc) is 2.19. The maximum absolute atomic E-state index is 4.98. The van der Waals surface area contributed by atoms with Gasteiger partial charge in [0.1, 0.15) is 5.76 Å². The van der Waals surface area contributed by atoms with Crippen molar-refractivity contribution in [2.75, 3.05) is 0 Å². The summed E-state index contributed by atoms with van der Waals surface area (Å²) in [6.45, 7) is 0. The lowest BCUT2D eigenvalue weighted by molar-refractivity contribution is 0.557. The highest BCUT2D eigenvalue weighted by atomic mass is 127. The molecule has 1 rings (SSSR count). The normalized spacial score (nSPS) is 10.6. The zero-order valence-corrected chi connectivity index (χ0v) is 6.33. The molecule has 0 saturated carbocycles. The minimum atomic E-state index is 0.902. The van der Waals surface area contributed by atoms with Gasteiger partial charge in [0.25, 0.3) is 0 Å². The first-order chi connectivity index (χ1) is 3.93. The highest BCUT2D eigenvalue weighted by Crippen LogP contribution is 2.03. The first kappa shape index (κ1) is 5.88. The zero-order chi connectivity index (χ0) is 5.82. The van der Waals surface area contributed by atoms with E-state index in [0.717, 1.165) is 5.76 Å². The van der Waals surface area contributed by atoms with Crippen molar-refractivity contribution in [3.63, 3.8) is 0 Å². The summed E-state index contributed by atoms with van der Waals surface area (Å²) in [4.78, 5) is 0. The number of hydrogen-bond acceptors (Lipinski definition) is 1. The van der Waals surface area contributed by atoms with Gasteiger partial charge in [0.2, 0.25) is 0 Å². The van der Waals surface area contributed by atoms with Crippen molar-refractivity contribution >= 4 is 28.7 Å². The van der Waals surface area contributed by atoms with Crippen LogP contribution in [0.3, 0.4) is 0 Å². The van der Waals surface area contributed by atoms with E-state index in [1.807, 2.05) is 22.3 Å². The van der Waals surface area contributed by atoms with Crippen molar-refractivity contribution in [1.82, 2.24) is 0 Å². The van der Waals surface area contributed by atoms with Crippen LogP contribution in [0.1, 0.15) is 5.76 Å². The van der Waals surface area contributed by atoms with Gasteiger partial charge in [-0.15, -0.1) is 0 Å². The van der Waals surface area contributed by atoms with Gasteiger partial charge in [-0.1, -0.05) is 22.6 Å². The molecule has 0 radical (unpaired) electrons. The van der Waals surface area contributed by atoms with Crippen molar-refractivity contribution in [1.29, 1.82) is 0 Å². The maximum Gasteiger partial charge on any atom is 0.127 e. The highest BCUT2D eigenvalue weighted by Gasteiger charge is 1.82. The number of rotatable bonds is 1. The summed E-state index contributed by atoms with van der Waals surface area (Å²) in [6, 6.07) is 3.78. The van der Waals surface area contributed by atoms with Crippen LogP contribution in [0.5, 0.6) is 0 Å². The van der Waals surface area contributed by atoms with Crippen LogP contribution in [-0.4, -0.2) is 0 Å². The lowest BCUT2D eigenvalue weighted by atomic mass is 10.5. The molecule has 0 fully saturated rings. The van der Waals surface area contributed by atoms with Gasteiger partial charge in [0, 0.05) is 0 Å². The first-order valence-corrected chi connectivity index (χ1v) is 3.48. The molecule has 0 spiro atoms. The van der Waals surface area contributed by atoms with Crippen molar-refractivity contribution < 1.29 is 4.42 Å². The summed E-state index contributed by atoms with van der Waals surface area (Å²) in [5.41, 5.74) is 0. The Kier molecular flexibility index (Phi) is 2.14. The topological polar surface area (TPSA) is 13.1 Å². The summed E-state index contributed by atoms with van der Waals surface area (Å²) >= 11 is 2.15. The third-order valence-corrected chi connectivity index (χ3v) is 1.13. The van der Waals surface area contributed by atoms with Crippen molar-refractivity contribution in [3.8, 4) is 0 Å². The molecule has 0 aliphatic carbocycles. The summed E-state index contributed by atoms with van der Waals surface area (Å²) in [5, 5.41) is 0. The molecular formula is C6H5IO. The number of halogens is 1. The van der Waals surface area contributed by atoms with E-state index in [1.54, 1.807) is 6.26 Å². The van der Waals surface area contributed by atoms with Crippen LogP contribution in [0.15, 0.2) is 26.9 Å². The highest BCUT2D eigenvalue weighted by molar-refractivity contribution is 14.1. The Morgan fingerprint density at radius 1 is 1.62 bits per heavy atom. The van der Waals surface area contributed by atoms with E-state index < -0.39 is 0 Å². The van der Waals surface area contributed by atoms with E-state index >= 15 is 0 Å². The zero-order valence-electron chi connectivity index (χ0n) is 4.17.